The van der Waals surface area contributed by atoms with Crippen LogP contribution in [-0.2, 0) is 5.75 Å². The number of hydrogen-bond acceptors (Lipinski definition) is 2. The molecule has 1 saturated carbocycles. The molecule has 100 valence electrons. The zero-order valence-electron chi connectivity index (χ0n) is 11.6. The Morgan fingerprint density at radius 1 is 1.17 bits per heavy atom. The Bertz CT molecular complexity index is 364. The van der Waals surface area contributed by atoms with Gasteiger partial charge in [-0.2, -0.15) is 11.8 Å². The van der Waals surface area contributed by atoms with E-state index in [-0.39, 0.29) is 0 Å². The summed E-state index contributed by atoms with van der Waals surface area (Å²) in [6, 6.07) is 9.49. The van der Waals surface area contributed by atoms with E-state index in [1.165, 1.54) is 43.2 Å². The molecule has 1 aliphatic carbocycles. The van der Waals surface area contributed by atoms with Gasteiger partial charge in [0.1, 0.15) is 0 Å². The summed E-state index contributed by atoms with van der Waals surface area (Å²) in [4.78, 5) is 0. The number of nitrogens with one attached hydrogen (secondary N) is 1. The molecule has 1 fully saturated rings. The second kappa shape index (κ2) is 7.20. The molecule has 0 radical (unpaired) electrons. The third-order valence-electron chi connectivity index (χ3n) is 4.04. The molecule has 2 heteroatoms. The van der Waals surface area contributed by atoms with Crippen LogP contribution in [-0.4, -0.2) is 18.3 Å². The van der Waals surface area contributed by atoms with Gasteiger partial charge < -0.3 is 5.32 Å². The van der Waals surface area contributed by atoms with E-state index in [4.69, 9.17) is 0 Å². The molecule has 0 heterocycles. The molecule has 0 saturated heterocycles. The molecule has 0 aliphatic heterocycles. The van der Waals surface area contributed by atoms with E-state index in [0.717, 1.165) is 11.0 Å². The first-order valence-electron chi connectivity index (χ1n) is 7.14. The Kier molecular flexibility index (Phi) is 5.58. The van der Waals surface area contributed by atoms with Crippen molar-refractivity contribution in [2.24, 2.45) is 0 Å². The molecule has 2 unspecified atom stereocenters. The first-order valence-corrected chi connectivity index (χ1v) is 8.19. The largest absolute Gasteiger partial charge is 0.316 e. The quantitative estimate of drug-likeness (QED) is 0.819. The van der Waals surface area contributed by atoms with Crippen LogP contribution in [0.4, 0.5) is 0 Å². The van der Waals surface area contributed by atoms with E-state index < -0.39 is 0 Å². The van der Waals surface area contributed by atoms with Crippen LogP contribution < -0.4 is 5.32 Å². The summed E-state index contributed by atoms with van der Waals surface area (Å²) < 4.78 is 0. The summed E-state index contributed by atoms with van der Waals surface area (Å²) in [5, 5.41) is 4.31. The molecule has 2 atom stereocenters. The minimum absolute atomic E-state index is 0.710. The zero-order chi connectivity index (χ0) is 12.8. The summed E-state index contributed by atoms with van der Waals surface area (Å²) in [6.07, 6.45) is 6.94. The Morgan fingerprint density at radius 3 is 2.72 bits per heavy atom. The lowest BCUT2D eigenvalue weighted by molar-refractivity contribution is 0.510. The predicted molar refractivity (Wildman–Crippen MR) is 82.2 cm³/mol. The maximum atomic E-state index is 3.52. The van der Waals surface area contributed by atoms with Gasteiger partial charge in [0.05, 0.1) is 0 Å². The maximum absolute atomic E-state index is 3.52. The van der Waals surface area contributed by atoms with Gasteiger partial charge in [0.25, 0.3) is 0 Å². The minimum Gasteiger partial charge on any atom is -0.316 e. The van der Waals surface area contributed by atoms with Crippen molar-refractivity contribution in [1.29, 1.82) is 0 Å². The molecule has 0 spiro atoms. The molecule has 1 nitrogen and oxygen atoms in total. The van der Waals surface area contributed by atoms with Gasteiger partial charge >= 0.3 is 0 Å². The standard InChI is InChI=1S/C16H25NS/c1-13-8-6-7-9-14(13)12-18-16-11-5-3-4-10-15(16)17-2/h6-9,15-17H,3-5,10-12H2,1-2H3. The van der Waals surface area contributed by atoms with Crippen LogP contribution in [0.5, 0.6) is 0 Å². The summed E-state index contributed by atoms with van der Waals surface area (Å²) in [5.41, 5.74) is 2.93. The van der Waals surface area contributed by atoms with Crippen LogP contribution in [0, 0.1) is 6.92 Å². The highest BCUT2D eigenvalue weighted by Crippen LogP contribution is 2.30. The van der Waals surface area contributed by atoms with Crippen molar-refractivity contribution < 1.29 is 0 Å². The first-order chi connectivity index (χ1) is 8.81. The molecular weight excluding hydrogens is 238 g/mol. The van der Waals surface area contributed by atoms with E-state index >= 15 is 0 Å². The van der Waals surface area contributed by atoms with Crippen molar-refractivity contribution in [1.82, 2.24) is 5.32 Å². The zero-order valence-corrected chi connectivity index (χ0v) is 12.4. The van der Waals surface area contributed by atoms with Gasteiger partial charge in [0.15, 0.2) is 0 Å². The van der Waals surface area contributed by atoms with Gasteiger partial charge in [0.2, 0.25) is 0 Å². The number of thioether (sulfide) groups is 1. The summed E-state index contributed by atoms with van der Waals surface area (Å²) in [6.45, 7) is 2.22. The number of aryl methyl sites for hydroxylation is 1. The predicted octanol–water partition coefficient (Wildman–Crippen LogP) is 4.15. The molecule has 1 N–H and O–H groups in total. The normalized spacial score (nSPS) is 24.8. The van der Waals surface area contributed by atoms with Crippen LogP contribution >= 0.6 is 11.8 Å². The number of hydrogen-bond donors (Lipinski definition) is 1. The smallest absolute Gasteiger partial charge is 0.0204 e. The molecule has 2 rings (SSSR count). The molecule has 1 aromatic carbocycles. The molecule has 0 aromatic heterocycles. The second-order valence-electron chi connectivity index (χ2n) is 5.31. The Balaban J connectivity index is 1.93. The van der Waals surface area contributed by atoms with Crippen molar-refractivity contribution in [3.63, 3.8) is 0 Å². The van der Waals surface area contributed by atoms with Gasteiger partial charge in [-0.3, -0.25) is 0 Å². The van der Waals surface area contributed by atoms with E-state index in [1.54, 1.807) is 0 Å². The SMILES string of the molecule is CNC1CCCCCC1SCc1ccccc1C. The summed E-state index contributed by atoms with van der Waals surface area (Å²) >= 11 is 2.15. The fourth-order valence-corrected chi connectivity index (χ4v) is 4.33. The van der Waals surface area contributed by atoms with Crippen LogP contribution in [0.2, 0.25) is 0 Å². The Hall–Kier alpha value is -0.470. The molecule has 0 bridgehead atoms. The minimum atomic E-state index is 0.710. The van der Waals surface area contributed by atoms with Gasteiger partial charge in [-0.05, 0) is 37.9 Å². The second-order valence-corrected chi connectivity index (χ2v) is 6.54. The molecule has 1 aliphatic rings. The van der Waals surface area contributed by atoms with Gasteiger partial charge in [-0.15, -0.1) is 0 Å². The average molecular weight is 263 g/mol. The van der Waals surface area contributed by atoms with Gasteiger partial charge in [-0.1, -0.05) is 43.5 Å². The van der Waals surface area contributed by atoms with E-state index in [1.807, 2.05) is 0 Å². The summed E-state index contributed by atoms with van der Waals surface area (Å²) in [5.74, 6) is 1.16. The van der Waals surface area contributed by atoms with Crippen LogP contribution in [0.25, 0.3) is 0 Å². The van der Waals surface area contributed by atoms with E-state index in [9.17, 15) is 0 Å². The monoisotopic (exact) mass is 263 g/mol. The van der Waals surface area contributed by atoms with Crippen LogP contribution in [0.3, 0.4) is 0 Å². The van der Waals surface area contributed by atoms with Crippen molar-refractivity contribution in [2.45, 2.75) is 56.1 Å². The fraction of sp³-hybridized carbons (Fsp3) is 0.625. The van der Waals surface area contributed by atoms with Crippen LogP contribution in [0.1, 0.15) is 43.2 Å². The lowest BCUT2D eigenvalue weighted by atomic mass is 10.1. The van der Waals surface area contributed by atoms with Gasteiger partial charge in [-0.25, -0.2) is 0 Å². The van der Waals surface area contributed by atoms with Gasteiger partial charge in [0, 0.05) is 17.0 Å². The Morgan fingerprint density at radius 2 is 1.94 bits per heavy atom. The first kappa shape index (κ1) is 14.0. The molecule has 18 heavy (non-hydrogen) atoms. The average Bonchev–Trinajstić information content (AvgIpc) is 2.62. The van der Waals surface area contributed by atoms with Crippen molar-refractivity contribution in [2.75, 3.05) is 7.05 Å². The highest BCUT2D eigenvalue weighted by molar-refractivity contribution is 7.99. The van der Waals surface area contributed by atoms with E-state index in [0.29, 0.717) is 6.04 Å². The van der Waals surface area contributed by atoms with Crippen molar-refractivity contribution >= 4 is 11.8 Å². The molecule has 1 aromatic rings. The Labute approximate surface area is 116 Å². The number of benzene rings is 1. The maximum Gasteiger partial charge on any atom is 0.0204 e. The van der Waals surface area contributed by atoms with E-state index in [2.05, 4.69) is 55.3 Å². The fourth-order valence-electron chi connectivity index (χ4n) is 2.77. The lowest BCUT2D eigenvalue weighted by Gasteiger charge is -2.24. The third-order valence-corrected chi connectivity index (χ3v) is 5.51. The highest BCUT2D eigenvalue weighted by Gasteiger charge is 2.22. The summed E-state index contributed by atoms with van der Waals surface area (Å²) in [7, 11) is 2.12. The van der Waals surface area contributed by atoms with Crippen molar-refractivity contribution in [3.05, 3.63) is 35.4 Å². The third kappa shape index (κ3) is 3.76. The lowest BCUT2D eigenvalue weighted by Crippen LogP contribution is -2.34. The molecule has 0 amide bonds. The highest BCUT2D eigenvalue weighted by atomic mass is 32.2. The number of rotatable bonds is 4. The topological polar surface area (TPSA) is 12.0 Å². The molecular formula is C16H25NS. The van der Waals surface area contributed by atoms with Crippen LogP contribution in [0.15, 0.2) is 24.3 Å². The van der Waals surface area contributed by atoms with Crippen molar-refractivity contribution in [3.8, 4) is 0 Å².